The minimum Gasteiger partial charge on any atom is -0.369 e. The zero-order valence-corrected chi connectivity index (χ0v) is 8.18. The first-order valence-corrected chi connectivity index (χ1v) is 5.21. The van der Waals surface area contributed by atoms with Gasteiger partial charge in [-0.15, -0.1) is 0 Å². The van der Waals surface area contributed by atoms with E-state index in [1.165, 1.54) is 12.1 Å². The van der Waals surface area contributed by atoms with E-state index >= 15 is 0 Å². The van der Waals surface area contributed by atoms with Crippen LogP contribution in [0, 0.1) is 5.82 Å². The first-order chi connectivity index (χ1) is 6.63. The van der Waals surface area contributed by atoms with Gasteiger partial charge in [0.1, 0.15) is 11.7 Å². The number of benzene rings is 1. The Morgan fingerprint density at radius 3 is 2.79 bits per heavy atom. The molecule has 14 heavy (non-hydrogen) atoms. The Kier molecular flexibility index (Phi) is 3.99. The van der Waals surface area contributed by atoms with Crippen molar-refractivity contribution in [1.82, 2.24) is 0 Å². The van der Waals surface area contributed by atoms with Crippen LogP contribution in [0.25, 0.3) is 0 Å². The van der Waals surface area contributed by atoms with Gasteiger partial charge in [0.25, 0.3) is 0 Å². The Morgan fingerprint density at radius 1 is 1.57 bits per heavy atom. The molecule has 0 saturated carbocycles. The van der Waals surface area contributed by atoms with E-state index in [9.17, 15) is 8.60 Å². The molecule has 4 nitrogen and oxygen atoms in total. The van der Waals surface area contributed by atoms with Gasteiger partial charge >= 0.3 is 0 Å². The first kappa shape index (κ1) is 11.1. The standard InChI is InChI=1S/C8H11FN2O2S/c9-7-3-6(4-10)1-2-8(7)11-5-14(12)13/h1-3,11H,4-5,10H2,(H,12,13). The van der Waals surface area contributed by atoms with Gasteiger partial charge in [0, 0.05) is 6.54 Å². The number of halogens is 1. The molecule has 0 aromatic heterocycles. The highest BCUT2D eigenvalue weighted by atomic mass is 32.2. The second-order valence-corrected chi connectivity index (χ2v) is 3.59. The van der Waals surface area contributed by atoms with E-state index < -0.39 is 16.9 Å². The first-order valence-electron chi connectivity index (χ1n) is 3.93. The molecule has 0 saturated heterocycles. The number of hydrogen-bond acceptors (Lipinski definition) is 3. The largest absolute Gasteiger partial charge is 0.369 e. The lowest BCUT2D eigenvalue weighted by molar-refractivity contribution is 0.566. The molecule has 0 spiro atoms. The SMILES string of the molecule is NCc1ccc(NCS(=O)O)c(F)c1. The predicted octanol–water partition coefficient (Wildman–Crippen LogP) is 0.875. The molecule has 1 rings (SSSR count). The van der Waals surface area contributed by atoms with E-state index in [1.54, 1.807) is 6.07 Å². The second kappa shape index (κ2) is 5.04. The highest BCUT2D eigenvalue weighted by molar-refractivity contribution is 7.79. The average molecular weight is 218 g/mol. The minimum atomic E-state index is -1.98. The number of nitrogens with two attached hydrogens (primary N) is 1. The van der Waals surface area contributed by atoms with E-state index in [4.69, 9.17) is 10.3 Å². The zero-order chi connectivity index (χ0) is 10.6. The summed E-state index contributed by atoms with van der Waals surface area (Å²) < 4.78 is 32.0. The van der Waals surface area contributed by atoms with Crippen LogP contribution in [-0.2, 0) is 17.6 Å². The van der Waals surface area contributed by atoms with Gasteiger partial charge in [-0.1, -0.05) is 6.07 Å². The molecule has 0 heterocycles. The van der Waals surface area contributed by atoms with Crippen molar-refractivity contribution in [2.24, 2.45) is 5.73 Å². The number of nitrogens with one attached hydrogen (secondary N) is 1. The molecule has 0 amide bonds. The van der Waals surface area contributed by atoms with Gasteiger partial charge < -0.3 is 15.6 Å². The minimum absolute atomic E-state index is 0.196. The van der Waals surface area contributed by atoms with Crippen LogP contribution < -0.4 is 11.1 Å². The summed E-state index contributed by atoms with van der Waals surface area (Å²) in [6.45, 7) is 0.267. The molecular formula is C8H11FN2O2S. The molecule has 4 N–H and O–H groups in total. The Morgan fingerprint density at radius 2 is 2.29 bits per heavy atom. The van der Waals surface area contributed by atoms with Crippen molar-refractivity contribution in [2.75, 3.05) is 11.2 Å². The quantitative estimate of drug-likeness (QED) is 0.656. The molecule has 1 aromatic rings. The molecule has 6 heteroatoms. The van der Waals surface area contributed by atoms with Gasteiger partial charge in [0.05, 0.1) is 5.69 Å². The fraction of sp³-hybridized carbons (Fsp3) is 0.250. The molecule has 0 radical (unpaired) electrons. The molecule has 1 atom stereocenters. The van der Waals surface area contributed by atoms with Crippen molar-refractivity contribution < 1.29 is 13.2 Å². The Bertz CT molecular complexity index is 346. The average Bonchev–Trinajstić information content (AvgIpc) is 2.15. The van der Waals surface area contributed by atoms with Crippen LogP contribution in [0.5, 0.6) is 0 Å². The van der Waals surface area contributed by atoms with Gasteiger partial charge in [-0.25, -0.2) is 8.60 Å². The van der Waals surface area contributed by atoms with Crippen LogP contribution in [0.15, 0.2) is 18.2 Å². The summed E-state index contributed by atoms with van der Waals surface area (Å²) in [5.41, 5.74) is 6.19. The van der Waals surface area contributed by atoms with Gasteiger partial charge in [-0.2, -0.15) is 0 Å². The van der Waals surface area contributed by atoms with Crippen molar-refractivity contribution in [3.8, 4) is 0 Å². The third-order valence-corrected chi connectivity index (χ3v) is 2.05. The van der Waals surface area contributed by atoms with Crippen LogP contribution in [0.1, 0.15) is 5.56 Å². The molecule has 0 fully saturated rings. The van der Waals surface area contributed by atoms with E-state index in [0.717, 1.165) is 0 Å². The molecule has 0 aliphatic rings. The molecule has 1 unspecified atom stereocenters. The van der Waals surface area contributed by atoms with Crippen molar-refractivity contribution in [2.45, 2.75) is 6.54 Å². The summed E-state index contributed by atoms with van der Waals surface area (Å²) in [5, 5.41) is 2.50. The number of hydrogen-bond donors (Lipinski definition) is 3. The summed E-state index contributed by atoms with van der Waals surface area (Å²) in [4.78, 5) is 0. The number of anilines is 1. The van der Waals surface area contributed by atoms with Gasteiger partial charge in [-0.3, -0.25) is 0 Å². The summed E-state index contributed by atoms with van der Waals surface area (Å²) in [6, 6.07) is 4.44. The lowest BCUT2D eigenvalue weighted by atomic mass is 10.2. The maximum Gasteiger partial charge on any atom is 0.172 e. The van der Waals surface area contributed by atoms with Crippen molar-refractivity contribution >= 4 is 16.8 Å². The second-order valence-electron chi connectivity index (χ2n) is 2.66. The molecule has 0 bridgehead atoms. The maximum absolute atomic E-state index is 13.2. The van der Waals surface area contributed by atoms with Gasteiger partial charge in [0.15, 0.2) is 11.1 Å². The lowest BCUT2D eigenvalue weighted by Gasteiger charge is -2.06. The smallest absolute Gasteiger partial charge is 0.172 e. The van der Waals surface area contributed by atoms with Gasteiger partial charge in [-0.05, 0) is 17.7 Å². The van der Waals surface area contributed by atoms with Crippen LogP contribution in [0.4, 0.5) is 10.1 Å². The van der Waals surface area contributed by atoms with Crippen molar-refractivity contribution in [1.29, 1.82) is 0 Å². The number of rotatable bonds is 4. The summed E-state index contributed by atoms with van der Waals surface area (Å²) in [5.74, 6) is -0.669. The van der Waals surface area contributed by atoms with E-state index in [2.05, 4.69) is 5.32 Å². The monoisotopic (exact) mass is 218 g/mol. The van der Waals surface area contributed by atoms with E-state index in [-0.39, 0.29) is 18.1 Å². The van der Waals surface area contributed by atoms with Crippen LogP contribution in [-0.4, -0.2) is 14.6 Å². The van der Waals surface area contributed by atoms with Crippen LogP contribution in [0.2, 0.25) is 0 Å². The normalized spacial score (nSPS) is 12.5. The Balaban J connectivity index is 2.73. The summed E-state index contributed by atoms with van der Waals surface area (Å²) in [6.07, 6.45) is 0. The third-order valence-electron chi connectivity index (χ3n) is 1.66. The molecule has 1 aromatic carbocycles. The fourth-order valence-electron chi connectivity index (χ4n) is 0.968. The molecule has 78 valence electrons. The summed E-state index contributed by atoms with van der Waals surface area (Å²) in [7, 11) is 0. The zero-order valence-electron chi connectivity index (χ0n) is 7.37. The molecule has 0 aliphatic carbocycles. The Labute approximate surface area is 83.6 Å². The van der Waals surface area contributed by atoms with Crippen LogP contribution in [0.3, 0.4) is 0 Å². The maximum atomic E-state index is 13.2. The van der Waals surface area contributed by atoms with E-state index in [0.29, 0.717) is 5.56 Å². The highest BCUT2D eigenvalue weighted by Gasteiger charge is 2.03. The molecule has 0 aliphatic heterocycles. The van der Waals surface area contributed by atoms with Crippen molar-refractivity contribution in [3.63, 3.8) is 0 Å². The predicted molar refractivity (Wildman–Crippen MR) is 53.6 cm³/mol. The Hall–Kier alpha value is -0.980. The van der Waals surface area contributed by atoms with E-state index in [1.807, 2.05) is 0 Å². The highest BCUT2D eigenvalue weighted by Crippen LogP contribution is 2.15. The lowest BCUT2D eigenvalue weighted by Crippen LogP contribution is -2.08. The van der Waals surface area contributed by atoms with Crippen LogP contribution >= 0.6 is 0 Å². The summed E-state index contributed by atoms with van der Waals surface area (Å²) >= 11 is -1.98. The van der Waals surface area contributed by atoms with Gasteiger partial charge in [0.2, 0.25) is 0 Å². The third kappa shape index (κ3) is 3.06. The fourth-order valence-corrected chi connectivity index (χ4v) is 1.25. The topological polar surface area (TPSA) is 75.3 Å². The molecular weight excluding hydrogens is 207 g/mol. The van der Waals surface area contributed by atoms with Crippen molar-refractivity contribution in [3.05, 3.63) is 29.6 Å².